The van der Waals surface area contributed by atoms with Gasteiger partial charge in [0.05, 0.1) is 12.3 Å². The molecule has 1 aromatic carbocycles. The second-order valence-corrected chi connectivity index (χ2v) is 3.55. The number of fused-ring (bicyclic) bond motifs is 1. The van der Waals surface area contributed by atoms with Gasteiger partial charge < -0.3 is 9.73 Å². The number of rotatable bonds is 3. The lowest BCUT2D eigenvalue weighted by Crippen LogP contribution is -2.30. The zero-order valence-electron chi connectivity index (χ0n) is 8.78. The minimum Gasteiger partial charge on any atom is -0.464 e. The van der Waals surface area contributed by atoms with Crippen LogP contribution in [0.15, 0.2) is 34.9 Å². The lowest BCUT2D eigenvalue weighted by molar-refractivity contribution is 0.0955. The van der Waals surface area contributed by atoms with Crippen LogP contribution in [-0.2, 0) is 0 Å². The zero-order valence-corrected chi connectivity index (χ0v) is 8.78. The molecular weight excluding hydrogens is 190 g/mol. The number of benzene rings is 1. The smallest absolute Gasteiger partial charge is 0.179 e. The molecule has 15 heavy (non-hydrogen) atoms. The number of carbonyl (C=O) groups is 1. The van der Waals surface area contributed by atoms with Crippen LogP contribution < -0.4 is 5.32 Å². The molecule has 0 radical (unpaired) electrons. The monoisotopic (exact) mass is 203 g/mol. The molecule has 1 heterocycles. The molecule has 0 spiro atoms. The lowest BCUT2D eigenvalue weighted by Gasteiger charge is -2.08. The summed E-state index contributed by atoms with van der Waals surface area (Å²) < 4.78 is 5.21. The van der Waals surface area contributed by atoms with Crippen LogP contribution in [0.25, 0.3) is 11.0 Å². The summed E-state index contributed by atoms with van der Waals surface area (Å²) in [6.45, 7) is 1.85. The Hall–Kier alpha value is -1.61. The summed E-state index contributed by atoms with van der Waals surface area (Å²) >= 11 is 0. The number of furan rings is 1. The Morgan fingerprint density at radius 3 is 2.93 bits per heavy atom. The molecule has 1 aromatic heterocycles. The van der Waals surface area contributed by atoms with Crippen LogP contribution in [0.3, 0.4) is 0 Å². The molecule has 0 fully saturated rings. The summed E-state index contributed by atoms with van der Waals surface area (Å²) in [6, 6.07) is 7.17. The Labute approximate surface area is 88.1 Å². The summed E-state index contributed by atoms with van der Waals surface area (Å²) in [6.07, 6.45) is 1.63. The first kappa shape index (κ1) is 9.93. The van der Waals surface area contributed by atoms with Crippen molar-refractivity contribution in [3.8, 4) is 0 Å². The van der Waals surface area contributed by atoms with Gasteiger partial charge in [0.2, 0.25) is 0 Å². The Kier molecular flexibility index (Phi) is 2.56. The fraction of sp³-hybridized carbons (Fsp3) is 0.250. The maximum absolute atomic E-state index is 11.8. The fourth-order valence-corrected chi connectivity index (χ4v) is 1.50. The third kappa shape index (κ3) is 1.78. The van der Waals surface area contributed by atoms with E-state index in [0.29, 0.717) is 5.56 Å². The molecule has 1 N–H and O–H groups in total. The lowest BCUT2D eigenvalue weighted by atomic mass is 10.0. The van der Waals surface area contributed by atoms with Crippen molar-refractivity contribution in [1.82, 2.24) is 5.32 Å². The minimum absolute atomic E-state index is 0.0978. The van der Waals surface area contributed by atoms with Crippen molar-refractivity contribution in [3.63, 3.8) is 0 Å². The van der Waals surface area contributed by atoms with Crippen LogP contribution in [-0.4, -0.2) is 18.9 Å². The van der Waals surface area contributed by atoms with Gasteiger partial charge in [-0.3, -0.25) is 4.79 Å². The van der Waals surface area contributed by atoms with Gasteiger partial charge in [-0.25, -0.2) is 0 Å². The third-order valence-electron chi connectivity index (χ3n) is 2.56. The van der Waals surface area contributed by atoms with E-state index in [1.807, 2.05) is 25.1 Å². The Morgan fingerprint density at radius 2 is 2.20 bits per heavy atom. The average molecular weight is 203 g/mol. The molecule has 0 aliphatic heterocycles. The van der Waals surface area contributed by atoms with Crippen molar-refractivity contribution >= 4 is 16.8 Å². The molecular formula is C12H13NO2. The Bertz CT molecular complexity index is 487. The number of hydrogen-bond donors (Lipinski definition) is 1. The number of Topliss-reactive ketones (excluding diaryl/α,β-unsaturated/α-hetero) is 1. The summed E-state index contributed by atoms with van der Waals surface area (Å²) in [5, 5.41) is 3.89. The molecule has 78 valence electrons. The van der Waals surface area contributed by atoms with E-state index in [1.54, 1.807) is 19.4 Å². The highest BCUT2D eigenvalue weighted by atomic mass is 16.3. The van der Waals surface area contributed by atoms with Gasteiger partial charge in [0.15, 0.2) is 5.78 Å². The standard InChI is InChI=1S/C12H13NO2/c1-8(13-2)12(14)10-3-4-11-9(7-10)5-6-15-11/h3-8,13H,1-2H3. The molecule has 0 bridgehead atoms. The molecule has 0 aliphatic carbocycles. The van der Waals surface area contributed by atoms with Gasteiger partial charge in [0.25, 0.3) is 0 Å². The number of hydrogen-bond acceptors (Lipinski definition) is 3. The molecule has 1 atom stereocenters. The molecule has 1 unspecified atom stereocenters. The normalized spacial score (nSPS) is 12.9. The van der Waals surface area contributed by atoms with E-state index in [0.717, 1.165) is 11.0 Å². The summed E-state index contributed by atoms with van der Waals surface area (Å²) in [4.78, 5) is 11.8. The topological polar surface area (TPSA) is 42.2 Å². The van der Waals surface area contributed by atoms with Crippen molar-refractivity contribution in [1.29, 1.82) is 0 Å². The SMILES string of the molecule is CNC(C)C(=O)c1ccc2occc2c1. The zero-order chi connectivity index (χ0) is 10.8. The predicted octanol–water partition coefficient (Wildman–Crippen LogP) is 2.22. The van der Waals surface area contributed by atoms with Crippen molar-refractivity contribution in [2.75, 3.05) is 7.05 Å². The maximum Gasteiger partial charge on any atom is 0.179 e. The first-order valence-electron chi connectivity index (χ1n) is 4.91. The highest BCUT2D eigenvalue weighted by Gasteiger charge is 2.13. The second kappa shape index (κ2) is 3.87. The first-order valence-corrected chi connectivity index (χ1v) is 4.91. The molecule has 3 nitrogen and oxygen atoms in total. The van der Waals surface area contributed by atoms with Crippen LogP contribution in [0, 0.1) is 0 Å². The Balaban J connectivity index is 2.39. The molecule has 2 aromatic rings. The second-order valence-electron chi connectivity index (χ2n) is 3.55. The van der Waals surface area contributed by atoms with E-state index in [-0.39, 0.29) is 11.8 Å². The largest absolute Gasteiger partial charge is 0.464 e. The molecule has 0 saturated heterocycles. The van der Waals surface area contributed by atoms with Gasteiger partial charge in [-0.2, -0.15) is 0 Å². The van der Waals surface area contributed by atoms with Crippen LogP contribution in [0.4, 0.5) is 0 Å². The summed E-state index contributed by atoms with van der Waals surface area (Å²) in [7, 11) is 1.78. The molecule has 0 amide bonds. The van der Waals surface area contributed by atoms with Gasteiger partial charge in [0.1, 0.15) is 5.58 Å². The maximum atomic E-state index is 11.8. The van der Waals surface area contributed by atoms with E-state index >= 15 is 0 Å². The fourth-order valence-electron chi connectivity index (χ4n) is 1.50. The van der Waals surface area contributed by atoms with Crippen LogP contribution in [0.5, 0.6) is 0 Å². The highest BCUT2D eigenvalue weighted by Crippen LogP contribution is 2.17. The summed E-state index contributed by atoms with van der Waals surface area (Å²) in [5.74, 6) is 0.0978. The quantitative estimate of drug-likeness (QED) is 0.778. The van der Waals surface area contributed by atoms with Gasteiger partial charge >= 0.3 is 0 Å². The van der Waals surface area contributed by atoms with E-state index in [9.17, 15) is 4.79 Å². The van der Waals surface area contributed by atoms with Gasteiger partial charge in [-0.15, -0.1) is 0 Å². The van der Waals surface area contributed by atoms with Crippen molar-refractivity contribution in [2.24, 2.45) is 0 Å². The highest BCUT2D eigenvalue weighted by molar-refractivity contribution is 6.02. The molecule has 2 rings (SSSR count). The van der Waals surface area contributed by atoms with E-state index in [2.05, 4.69) is 5.32 Å². The van der Waals surface area contributed by atoms with Gasteiger partial charge in [0, 0.05) is 10.9 Å². The minimum atomic E-state index is -0.158. The van der Waals surface area contributed by atoms with Crippen LogP contribution in [0.2, 0.25) is 0 Å². The van der Waals surface area contributed by atoms with Crippen LogP contribution in [0.1, 0.15) is 17.3 Å². The van der Waals surface area contributed by atoms with Crippen molar-refractivity contribution in [3.05, 3.63) is 36.1 Å². The van der Waals surface area contributed by atoms with Crippen molar-refractivity contribution in [2.45, 2.75) is 13.0 Å². The molecule has 3 heteroatoms. The average Bonchev–Trinajstić information content (AvgIpc) is 2.73. The van der Waals surface area contributed by atoms with E-state index < -0.39 is 0 Å². The molecule has 0 aliphatic rings. The molecule has 0 saturated carbocycles. The number of ketones is 1. The number of carbonyl (C=O) groups excluding carboxylic acids is 1. The van der Waals surface area contributed by atoms with E-state index in [4.69, 9.17) is 4.42 Å². The van der Waals surface area contributed by atoms with E-state index in [1.165, 1.54) is 0 Å². The predicted molar refractivity (Wildman–Crippen MR) is 59.1 cm³/mol. The number of likely N-dealkylation sites (N-methyl/N-ethyl adjacent to an activating group) is 1. The Morgan fingerprint density at radius 1 is 1.40 bits per heavy atom. The summed E-state index contributed by atoms with van der Waals surface area (Å²) in [5.41, 5.74) is 1.52. The number of nitrogens with one attached hydrogen (secondary N) is 1. The van der Waals surface area contributed by atoms with Crippen LogP contribution >= 0.6 is 0 Å². The van der Waals surface area contributed by atoms with Gasteiger partial charge in [-0.1, -0.05) is 0 Å². The third-order valence-corrected chi connectivity index (χ3v) is 2.56. The van der Waals surface area contributed by atoms with Crippen molar-refractivity contribution < 1.29 is 9.21 Å². The first-order chi connectivity index (χ1) is 7.22. The van der Waals surface area contributed by atoms with Gasteiger partial charge in [-0.05, 0) is 38.2 Å².